The van der Waals surface area contributed by atoms with E-state index in [1.54, 1.807) is 33.0 Å². The zero-order chi connectivity index (χ0) is 80.6. The molecule has 0 aromatic rings. The second-order valence-corrected chi connectivity index (χ2v) is 58.3. The Hall–Kier alpha value is 11.0. The van der Waals surface area contributed by atoms with Crippen LogP contribution in [0.3, 0.4) is 0 Å². The van der Waals surface area contributed by atoms with Crippen LogP contribution in [0.25, 0.3) is 0 Å². The van der Waals surface area contributed by atoms with E-state index in [1.165, 1.54) is 55.9 Å². The molecule has 0 aromatic heterocycles. The molecule has 0 amide bonds. The first kappa shape index (κ1) is 136. The maximum Gasteiger partial charge on any atom is 2.00 e. The maximum absolute atomic E-state index is 13.8. The summed E-state index contributed by atoms with van der Waals surface area (Å²) in [7, 11) is -12.0. The number of carbonyl (C=O) groups excluding carboxylic acids is 1. The quantitative estimate of drug-likeness (QED) is 0.0133. The van der Waals surface area contributed by atoms with Crippen LogP contribution >= 0.6 is 66.3 Å². The van der Waals surface area contributed by atoms with Crippen LogP contribution in [0.15, 0.2) is 0 Å². The van der Waals surface area contributed by atoms with Gasteiger partial charge < -0.3 is 78.6 Å². The molecular formula is C67H138Ba6Cl2F3O24P3S4Si3. The smallest absolute Gasteiger partial charge is 1.00 e. The number of halogens is 5. The molecule has 24 nitrogen and oxygen atoms in total. The van der Waals surface area contributed by atoms with Crippen LogP contribution in [0.2, 0.25) is 55.9 Å². The third kappa shape index (κ3) is 56.9. The number of rotatable bonds is 35. The van der Waals surface area contributed by atoms with Gasteiger partial charge in [0.15, 0.2) is 16.6 Å². The summed E-state index contributed by atoms with van der Waals surface area (Å²) in [6.07, 6.45) is 6.26. The number of hydrogen-bond acceptors (Lipinski definition) is 26. The number of aliphatic hydroxyl groups excluding tert-OH is 2. The molecule has 0 bridgehead atoms. The van der Waals surface area contributed by atoms with E-state index in [0.29, 0.717) is 51.0 Å². The topological polar surface area (TPSA) is 294 Å². The summed E-state index contributed by atoms with van der Waals surface area (Å²) in [6, 6.07) is 0. The summed E-state index contributed by atoms with van der Waals surface area (Å²) in [4.78, 5) is 20.6. The van der Waals surface area contributed by atoms with E-state index in [4.69, 9.17) is 104 Å². The molecule has 45 heteroatoms. The molecule has 6 aliphatic rings. The van der Waals surface area contributed by atoms with Gasteiger partial charge in [0.25, 0.3) is 0 Å². The Bertz CT molecular complexity index is 2750. The molecule has 6 heterocycles. The monoisotopic (exact) mass is 2590 g/mol. The number of hydrogen-bond donors (Lipinski definition) is 3. The van der Waals surface area contributed by atoms with Crippen molar-refractivity contribution in [1.29, 1.82) is 0 Å². The molecule has 6 saturated heterocycles. The molecule has 0 aliphatic carbocycles. The molecule has 0 aromatic carbocycles. The van der Waals surface area contributed by atoms with Crippen LogP contribution in [0, 0.1) is 45.6 Å². The van der Waals surface area contributed by atoms with E-state index in [1.807, 2.05) is 20.8 Å². The molecule has 0 spiro atoms. The third-order valence-corrected chi connectivity index (χ3v) is 39.8. The van der Waals surface area contributed by atoms with E-state index in [-0.39, 0.29) is 416 Å². The van der Waals surface area contributed by atoms with E-state index in [9.17, 15) is 50.6 Å². The fourth-order valence-electron chi connectivity index (χ4n) is 9.48. The van der Waals surface area contributed by atoms with Gasteiger partial charge in [-0.25, -0.2) is 48.8 Å². The SMILES string of the molecule is C.CC(=O)OCCC(C)C.CCCC(C)S[P@@](=O)(OC[C@H]1O[CH-]CC1O)OC1C[CH-]O[C@@H]1CO.CCCC(C)S[P@@](=O)(OC[C@H]1O[CH-]CC1O[Si](C)(C)C(C)(C)C)OC1C[CH-]O[C@@H]1CC.CC[C@H]1O[CH-]CC1OP(O)(=S)OC[C@H]1O[CH-]CC1O[Si](C)(C)C(C)(C)C.C[Si](C)(C)OS(=O)(=O)C(F)(F)F.ClCCl.[Ba+2].[Ba+2].[Ba+2].[Ba+2].[Ba+2].[Ba+2].[H-].[H-].[H-].[H-].[H-].[H-]. The predicted octanol–water partition coefficient (Wildman–Crippen LogP) is 17.8. The van der Waals surface area contributed by atoms with Gasteiger partial charge in [-0.15, -0.1) is 61.7 Å². The summed E-state index contributed by atoms with van der Waals surface area (Å²) < 4.78 is 172. The zero-order valence-corrected chi connectivity index (χ0v) is 107. The standard InChI is InChI=1S/C22H43O6PSSi.C17H33O6PSSi.C15H27O7PS.C7H14O2.C4H9F3O3SSi.CH2Cl2.CH4.6Ba.6H/c1-9-11-17(3)30-29(23,27-19-12-14-24-18(19)10-2)26-16-21-20(13-15-25-21)28-31(7,8)22(4,5)6;1-7-13-14(8-10-19-13)22-24(18,25)21-12-16-15(9-11-20-16)23-26(5,6)17(2,3)4;1-3-4-11(2)24-23(18,21-10-15-12(17)5-7-20-15)22-13-6-8-19-14(13)9-16;1-6(2)4-5-9-7(3)8;1-12(2,3)10-11(8,9)4(5,6)7;2-1-3;;;;;;;;;;;;;/h14-15,17-21H,9-13,16H2,1-8H3;10-11,13-16H,7-9,12H2,1-6H3,(H,18,25);7-8,11-17H,3-6,9-10H2,1-2H3;6H,4-5H2,1-3H3;1-3H3;1H2;1H4;;;;;;;;;;;;/q3*-2;;;;;6*+2;6*-1/t17?,18-,19?,20?,21-,29+;13-,14?,15?,16-,24?;11?,12?,13?,14-,15-,23+;;;;;;;;;;;;;;;;/m111................/s1. The number of carbonyl (C=O) groups is 1. The average Bonchev–Trinajstić information content (AvgIpc) is 1.43. The summed E-state index contributed by atoms with van der Waals surface area (Å²) in [6.45, 7) is 44.7. The molecule has 6 aliphatic heterocycles. The number of esters is 1. The normalized spacial score (nSPS) is 25.9. The van der Waals surface area contributed by atoms with Crippen molar-refractivity contribution in [3.8, 4) is 0 Å². The molecule has 6 rings (SSSR count). The van der Waals surface area contributed by atoms with Crippen molar-refractivity contribution in [1.82, 2.24) is 0 Å². The van der Waals surface area contributed by atoms with Crippen LogP contribution in [0.4, 0.5) is 13.2 Å². The molecule has 3 N–H and O–H groups in total. The molecule has 112 heavy (non-hydrogen) atoms. The van der Waals surface area contributed by atoms with Crippen molar-refractivity contribution in [2.75, 3.05) is 38.4 Å². The van der Waals surface area contributed by atoms with Gasteiger partial charge in [0, 0.05) is 41.8 Å². The fraction of sp³-hybridized carbons (Fsp3) is 0.896. The van der Waals surface area contributed by atoms with E-state index in [2.05, 4.69) is 106 Å². The minimum atomic E-state index is -5.39. The number of alkyl halides is 5. The average molecular weight is 2590 g/mol. The molecule has 648 valence electrons. The summed E-state index contributed by atoms with van der Waals surface area (Å²) >= 11 is 17.2. The maximum atomic E-state index is 13.8. The number of ether oxygens (including phenoxy) is 7. The van der Waals surface area contributed by atoms with Crippen LogP contribution in [0.1, 0.15) is 203 Å². The third-order valence-electron chi connectivity index (χ3n) is 17.2. The van der Waals surface area contributed by atoms with Crippen molar-refractivity contribution in [2.45, 2.75) is 340 Å². The summed E-state index contributed by atoms with van der Waals surface area (Å²) in [5.74, 6) is 0.431. The number of aliphatic hydroxyl groups is 2. The Morgan fingerprint density at radius 3 is 1.21 bits per heavy atom. The van der Waals surface area contributed by atoms with E-state index < -0.39 is 85.3 Å². The van der Waals surface area contributed by atoms with Crippen molar-refractivity contribution >= 4 is 412 Å². The van der Waals surface area contributed by atoms with Gasteiger partial charge in [0.05, 0.1) is 87.2 Å². The molecule has 9 unspecified atom stereocenters. The molecule has 17 atom stereocenters. The van der Waals surface area contributed by atoms with Crippen LogP contribution in [0.5, 0.6) is 0 Å². The Balaban J connectivity index is -0.000000107. The molecule has 0 radical (unpaired) electrons. The Kier molecular flexibility index (Phi) is 82.6. The molecule has 6 fully saturated rings. The minimum Gasteiger partial charge on any atom is -1.00 e. The summed E-state index contributed by atoms with van der Waals surface area (Å²) in [5.41, 5.74) is -5.31. The van der Waals surface area contributed by atoms with Gasteiger partial charge in [-0.3, -0.25) is 22.9 Å². The molecule has 0 saturated carbocycles. The Labute approximate surface area is 950 Å². The van der Waals surface area contributed by atoms with Gasteiger partial charge in [-0.1, -0.05) is 117 Å². The Morgan fingerprint density at radius 1 is 0.580 bits per heavy atom. The second-order valence-electron chi connectivity index (χ2n) is 30.2. The van der Waals surface area contributed by atoms with E-state index >= 15 is 0 Å². The van der Waals surface area contributed by atoms with Crippen molar-refractivity contribution in [3.63, 3.8) is 0 Å². The minimum absolute atomic E-state index is 0. The van der Waals surface area contributed by atoms with Gasteiger partial charge in [-0.2, -0.15) is 21.6 Å². The predicted molar refractivity (Wildman–Crippen MR) is 469 cm³/mol. The first-order valence-electron chi connectivity index (χ1n) is 36.0. The van der Waals surface area contributed by atoms with Gasteiger partial charge in [-0.05, 0) is 128 Å². The largest absolute Gasteiger partial charge is 2.00 e. The first-order chi connectivity index (χ1) is 48.3. The van der Waals surface area contributed by atoms with E-state index in [0.717, 1.165) is 44.9 Å². The van der Waals surface area contributed by atoms with Crippen LogP contribution in [-0.2, 0) is 109 Å². The van der Waals surface area contributed by atoms with Crippen molar-refractivity contribution in [3.05, 3.63) is 39.6 Å². The zero-order valence-electron chi connectivity index (χ0n) is 76.1. The summed E-state index contributed by atoms with van der Waals surface area (Å²) in [5, 5.41) is 19.8. The van der Waals surface area contributed by atoms with Gasteiger partial charge >= 0.3 is 335 Å². The second kappa shape index (κ2) is 68.0. The van der Waals surface area contributed by atoms with Crippen molar-refractivity contribution < 1.29 is 132 Å². The fourth-order valence-corrected chi connectivity index (χ4v) is 25.3. The first-order valence-corrected chi connectivity index (χ1v) is 56.3. The van der Waals surface area contributed by atoms with Crippen LogP contribution in [-0.4, -0.2) is 475 Å². The molecular weight excluding hydrogens is 2450 g/mol. The van der Waals surface area contributed by atoms with Gasteiger partial charge in [0.1, 0.15) is 0 Å². The van der Waals surface area contributed by atoms with Crippen LogP contribution < -0.4 is 0 Å². The van der Waals surface area contributed by atoms with Crippen molar-refractivity contribution in [2.24, 2.45) is 5.92 Å². The van der Waals surface area contributed by atoms with Gasteiger partial charge in [0.2, 0.25) is 8.32 Å². The Morgan fingerprint density at radius 2 is 0.902 bits per heavy atom.